The summed E-state index contributed by atoms with van der Waals surface area (Å²) >= 11 is 0. The number of nitrogens with one attached hydrogen (secondary N) is 1. The van der Waals surface area contributed by atoms with E-state index in [2.05, 4.69) is 10.3 Å². The maximum Gasteiger partial charge on any atom is 0.300 e. The summed E-state index contributed by atoms with van der Waals surface area (Å²) in [5.41, 5.74) is 2.79. The number of anilines is 2. The minimum atomic E-state index is -0.921. The van der Waals surface area contributed by atoms with Crippen LogP contribution in [0.4, 0.5) is 11.4 Å². The van der Waals surface area contributed by atoms with Gasteiger partial charge < -0.3 is 15.2 Å². The van der Waals surface area contributed by atoms with Gasteiger partial charge in [-0.2, -0.15) is 0 Å². The number of pyridine rings is 1. The van der Waals surface area contributed by atoms with Crippen molar-refractivity contribution in [2.45, 2.75) is 25.8 Å². The van der Waals surface area contributed by atoms with Gasteiger partial charge in [0.1, 0.15) is 17.6 Å². The van der Waals surface area contributed by atoms with E-state index in [9.17, 15) is 19.5 Å². The van der Waals surface area contributed by atoms with E-state index in [1.807, 2.05) is 0 Å². The van der Waals surface area contributed by atoms with Crippen LogP contribution in [-0.2, 0) is 20.8 Å². The average molecular weight is 469 g/mol. The minimum absolute atomic E-state index is 0.0312. The van der Waals surface area contributed by atoms with Crippen molar-refractivity contribution in [3.63, 3.8) is 0 Å². The van der Waals surface area contributed by atoms with Gasteiger partial charge in [0.2, 0.25) is 5.91 Å². The third-order valence-electron chi connectivity index (χ3n) is 6.06. The number of carbonyl (C=O) groups is 3. The summed E-state index contributed by atoms with van der Waals surface area (Å²) in [6.45, 7) is 2.05. The van der Waals surface area contributed by atoms with Crippen LogP contribution in [0.2, 0.25) is 0 Å². The van der Waals surface area contributed by atoms with Crippen molar-refractivity contribution in [3.05, 3.63) is 89.3 Å². The van der Waals surface area contributed by atoms with Crippen LogP contribution >= 0.6 is 0 Å². The van der Waals surface area contributed by atoms with Crippen molar-refractivity contribution in [3.8, 4) is 5.75 Å². The molecule has 0 saturated carbocycles. The first-order chi connectivity index (χ1) is 16.9. The quantitative estimate of drug-likeness (QED) is 0.340. The van der Waals surface area contributed by atoms with Crippen LogP contribution < -0.4 is 15.0 Å². The lowest BCUT2D eigenvalue weighted by atomic mass is 9.96. The predicted molar refractivity (Wildman–Crippen MR) is 130 cm³/mol. The largest absolute Gasteiger partial charge is 0.507 e. The molecule has 3 heterocycles. The van der Waals surface area contributed by atoms with Crippen molar-refractivity contribution in [1.29, 1.82) is 0 Å². The van der Waals surface area contributed by atoms with Crippen LogP contribution in [0.3, 0.4) is 0 Å². The number of aromatic nitrogens is 1. The van der Waals surface area contributed by atoms with Crippen LogP contribution in [0.15, 0.2) is 72.4 Å². The summed E-state index contributed by atoms with van der Waals surface area (Å²) in [5.74, 6) is -1.28. The number of hydrogen-bond donors (Lipinski definition) is 2. The number of Topliss-reactive ketones (excluding diaryl/α,β-unsaturated/α-hetero) is 1. The molecule has 0 spiro atoms. The number of benzene rings is 2. The molecular weight excluding hydrogens is 446 g/mol. The highest BCUT2D eigenvalue weighted by Crippen LogP contribution is 2.42. The Bertz CT molecular complexity index is 1350. The Kier molecular flexibility index (Phi) is 5.78. The fourth-order valence-electron chi connectivity index (χ4n) is 4.49. The summed E-state index contributed by atoms with van der Waals surface area (Å²) < 4.78 is 5.66. The SMILES string of the molecule is CC(=O)Nc1ccc(N2C(=O)C(=O)/C(=C(\O)c3ccc4c(c3)CCCO4)C2c2ccccn2)cc1. The summed E-state index contributed by atoms with van der Waals surface area (Å²) in [7, 11) is 0. The molecule has 0 bridgehead atoms. The van der Waals surface area contributed by atoms with Crippen LogP contribution in [0.5, 0.6) is 5.75 Å². The van der Waals surface area contributed by atoms with Gasteiger partial charge in [-0.3, -0.25) is 24.3 Å². The van der Waals surface area contributed by atoms with Crippen molar-refractivity contribution in [1.82, 2.24) is 4.98 Å². The van der Waals surface area contributed by atoms with E-state index in [1.165, 1.54) is 11.8 Å². The zero-order chi connectivity index (χ0) is 24.5. The summed E-state index contributed by atoms with van der Waals surface area (Å²) in [6, 6.07) is 16.1. The van der Waals surface area contributed by atoms with E-state index < -0.39 is 17.7 Å². The normalized spacial score (nSPS) is 18.7. The lowest BCUT2D eigenvalue weighted by molar-refractivity contribution is -0.132. The van der Waals surface area contributed by atoms with Gasteiger partial charge in [0.25, 0.3) is 11.7 Å². The number of rotatable bonds is 4. The van der Waals surface area contributed by atoms with E-state index in [0.717, 1.165) is 24.2 Å². The summed E-state index contributed by atoms with van der Waals surface area (Å²) in [5, 5.41) is 14.0. The van der Waals surface area contributed by atoms with Gasteiger partial charge in [-0.25, -0.2) is 0 Å². The van der Waals surface area contributed by atoms with Crippen molar-refractivity contribution >= 4 is 34.7 Å². The molecule has 2 aliphatic rings. The fourth-order valence-corrected chi connectivity index (χ4v) is 4.49. The average Bonchev–Trinajstić information content (AvgIpc) is 3.14. The first-order valence-electron chi connectivity index (χ1n) is 11.3. The van der Waals surface area contributed by atoms with E-state index in [1.54, 1.807) is 66.9 Å². The molecule has 1 atom stereocenters. The molecule has 2 aromatic carbocycles. The smallest absolute Gasteiger partial charge is 0.300 e. The molecule has 3 aromatic rings. The second kappa shape index (κ2) is 9.06. The number of carbonyl (C=O) groups excluding carboxylic acids is 3. The molecule has 0 radical (unpaired) electrons. The maximum atomic E-state index is 13.3. The Morgan fingerprint density at radius 1 is 1.11 bits per heavy atom. The van der Waals surface area contributed by atoms with E-state index in [0.29, 0.717) is 29.2 Å². The molecule has 2 amide bonds. The Balaban J connectivity index is 1.62. The molecular formula is C27H23N3O5. The monoisotopic (exact) mass is 469 g/mol. The lowest BCUT2D eigenvalue weighted by Crippen LogP contribution is -2.29. The van der Waals surface area contributed by atoms with Gasteiger partial charge in [0.05, 0.1) is 17.9 Å². The number of aryl methyl sites for hydroxylation is 1. The van der Waals surface area contributed by atoms with Gasteiger partial charge in [-0.15, -0.1) is 0 Å². The highest BCUT2D eigenvalue weighted by Gasteiger charge is 2.47. The summed E-state index contributed by atoms with van der Waals surface area (Å²) in [6.07, 6.45) is 3.24. The zero-order valence-corrected chi connectivity index (χ0v) is 19.0. The zero-order valence-electron chi connectivity index (χ0n) is 19.0. The molecule has 2 N–H and O–H groups in total. The molecule has 2 aliphatic heterocycles. The molecule has 1 fully saturated rings. The van der Waals surface area contributed by atoms with E-state index >= 15 is 0 Å². The van der Waals surface area contributed by atoms with Crippen molar-refractivity contribution in [2.24, 2.45) is 0 Å². The topological polar surface area (TPSA) is 109 Å². The fraction of sp³-hybridized carbons (Fsp3) is 0.185. The number of ether oxygens (including phenoxy) is 1. The standard InChI is InChI=1S/C27H23N3O5/c1-16(31)29-19-8-10-20(11-9-19)30-24(21-6-2-3-13-28-21)23(26(33)27(30)34)25(32)18-7-12-22-17(15-18)5-4-14-35-22/h2-3,6-13,15,24,32H,4-5,14H2,1H3,(H,29,31)/b25-23-. The van der Waals surface area contributed by atoms with Crippen LogP contribution in [0, 0.1) is 0 Å². The number of ketones is 1. The van der Waals surface area contributed by atoms with Crippen LogP contribution in [-0.4, -0.2) is 34.3 Å². The molecule has 35 heavy (non-hydrogen) atoms. The van der Waals surface area contributed by atoms with E-state index in [-0.39, 0.29) is 17.2 Å². The lowest BCUT2D eigenvalue weighted by Gasteiger charge is -2.25. The van der Waals surface area contributed by atoms with Gasteiger partial charge in [-0.1, -0.05) is 6.07 Å². The first kappa shape index (κ1) is 22.3. The van der Waals surface area contributed by atoms with Gasteiger partial charge in [0, 0.05) is 30.1 Å². The number of aliphatic hydroxyl groups is 1. The van der Waals surface area contributed by atoms with Gasteiger partial charge in [-0.05, 0) is 73.0 Å². The third kappa shape index (κ3) is 4.14. The molecule has 8 heteroatoms. The molecule has 176 valence electrons. The molecule has 1 saturated heterocycles. The molecule has 5 rings (SSSR count). The molecule has 8 nitrogen and oxygen atoms in total. The van der Waals surface area contributed by atoms with Crippen molar-refractivity contribution in [2.75, 3.05) is 16.8 Å². The van der Waals surface area contributed by atoms with E-state index in [4.69, 9.17) is 4.74 Å². The van der Waals surface area contributed by atoms with Crippen LogP contribution in [0.25, 0.3) is 5.76 Å². The Morgan fingerprint density at radius 3 is 2.63 bits per heavy atom. The highest BCUT2D eigenvalue weighted by atomic mass is 16.5. The molecule has 0 aliphatic carbocycles. The second-order valence-corrected chi connectivity index (χ2v) is 8.43. The Hall–Kier alpha value is -4.46. The first-order valence-corrected chi connectivity index (χ1v) is 11.3. The number of aliphatic hydroxyl groups excluding tert-OH is 1. The van der Waals surface area contributed by atoms with Gasteiger partial charge >= 0.3 is 0 Å². The number of nitrogens with zero attached hydrogens (tertiary/aromatic N) is 2. The molecule has 1 aromatic heterocycles. The van der Waals surface area contributed by atoms with Gasteiger partial charge in [0.15, 0.2) is 0 Å². The predicted octanol–water partition coefficient (Wildman–Crippen LogP) is 3.99. The minimum Gasteiger partial charge on any atom is -0.507 e. The van der Waals surface area contributed by atoms with Crippen LogP contribution in [0.1, 0.15) is 36.2 Å². The number of fused-ring (bicyclic) bond motifs is 1. The molecule has 1 unspecified atom stereocenters. The highest BCUT2D eigenvalue weighted by molar-refractivity contribution is 6.51. The Morgan fingerprint density at radius 2 is 1.91 bits per heavy atom. The number of hydrogen-bond acceptors (Lipinski definition) is 6. The van der Waals surface area contributed by atoms with Crippen molar-refractivity contribution < 1.29 is 24.2 Å². The number of amides is 2. The Labute approximate surface area is 201 Å². The second-order valence-electron chi connectivity index (χ2n) is 8.43. The summed E-state index contributed by atoms with van der Waals surface area (Å²) in [4.78, 5) is 43.6. The maximum absolute atomic E-state index is 13.3. The third-order valence-corrected chi connectivity index (χ3v) is 6.06.